The third-order valence-electron chi connectivity index (χ3n) is 2.77. The fourth-order valence-corrected chi connectivity index (χ4v) is 1.64. The first kappa shape index (κ1) is 13.3. The van der Waals surface area contributed by atoms with E-state index >= 15 is 0 Å². The quantitative estimate of drug-likeness (QED) is 0.732. The maximum absolute atomic E-state index is 12.2. The Hall–Kier alpha value is -1.77. The van der Waals surface area contributed by atoms with Crippen molar-refractivity contribution in [2.24, 2.45) is 0 Å². The average molecular weight is 233 g/mol. The molecule has 0 bridgehead atoms. The predicted octanol–water partition coefficient (Wildman–Crippen LogP) is 2.73. The van der Waals surface area contributed by atoms with E-state index in [1.54, 1.807) is 42.4 Å². The van der Waals surface area contributed by atoms with E-state index in [1.807, 2.05) is 13.8 Å². The normalized spacial score (nSPS) is 11.7. The van der Waals surface area contributed by atoms with E-state index in [4.69, 9.17) is 4.74 Å². The summed E-state index contributed by atoms with van der Waals surface area (Å²) in [5.74, 6) is 0.768. The molecule has 1 aromatic carbocycles. The van der Waals surface area contributed by atoms with Crippen LogP contribution < -0.4 is 4.74 Å². The number of hydrogen-bond acceptors (Lipinski definition) is 2. The van der Waals surface area contributed by atoms with E-state index < -0.39 is 0 Å². The van der Waals surface area contributed by atoms with E-state index in [-0.39, 0.29) is 11.9 Å². The van der Waals surface area contributed by atoms with Crippen LogP contribution in [0.2, 0.25) is 0 Å². The first-order valence-corrected chi connectivity index (χ1v) is 5.71. The number of likely N-dealkylation sites (N-methyl/N-ethyl adjacent to an activating group) is 1. The number of hydrogen-bond donors (Lipinski definition) is 0. The van der Waals surface area contributed by atoms with Crippen LogP contribution in [0.15, 0.2) is 36.9 Å². The van der Waals surface area contributed by atoms with Gasteiger partial charge in [0.05, 0.1) is 7.11 Å². The molecule has 0 aliphatic carbocycles. The monoisotopic (exact) mass is 233 g/mol. The van der Waals surface area contributed by atoms with E-state index in [2.05, 4.69) is 6.58 Å². The lowest BCUT2D eigenvalue weighted by Gasteiger charge is -2.25. The Morgan fingerprint density at radius 3 is 2.47 bits per heavy atom. The number of amides is 1. The van der Waals surface area contributed by atoms with E-state index in [0.29, 0.717) is 12.1 Å². The predicted molar refractivity (Wildman–Crippen MR) is 69.4 cm³/mol. The minimum atomic E-state index is 0.0163. The Morgan fingerprint density at radius 2 is 2.06 bits per heavy atom. The molecule has 0 fully saturated rings. The maximum Gasteiger partial charge on any atom is 0.254 e. The van der Waals surface area contributed by atoms with Crippen molar-refractivity contribution in [1.29, 1.82) is 0 Å². The molecule has 0 aliphatic heterocycles. The number of carbonyl (C=O) groups excluding carboxylic acids is 1. The van der Waals surface area contributed by atoms with Crippen LogP contribution >= 0.6 is 0 Å². The third-order valence-corrected chi connectivity index (χ3v) is 2.77. The highest BCUT2D eigenvalue weighted by Gasteiger charge is 2.17. The van der Waals surface area contributed by atoms with Gasteiger partial charge in [0.2, 0.25) is 0 Å². The molecule has 1 aromatic rings. The fraction of sp³-hybridized carbons (Fsp3) is 0.357. The molecular weight excluding hydrogens is 214 g/mol. The van der Waals surface area contributed by atoms with Crippen LogP contribution in [0.4, 0.5) is 0 Å². The maximum atomic E-state index is 12.2. The lowest BCUT2D eigenvalue weighted by atomic mass is 10.1. The number of rotatable bonds is 5. The minimum absolute atomic E-state index is 0.0163. The molecule has 0 spiro atoms. The molecule has 0 radical (unpaired) electrons. The van der Waals surface area contributed by atoms with Gasteiger partial charge in [-0.25, -0.2) is 0 Å². The Bertz CT molecular complexity index is 384. The molecule has 0 saturated carbocycles. The van der Waals surface area contributed by atoms with Gasteiger partial charge in [-0.15, -0.1) is 6.58 Å². The second-order valence-corrected chi connectivity index (χ2v) is 3.80. The average Bonchev–Trinajstić information content (AvgIpc) is 2.39. The van der Waals surface area contributed by atoms with Gasteiger partial charge in [0, 0.05) is 18.2 Å². The molecule has 17 heavy (non-hydrogen) atoms. The Kier molecular flexibility index (Phi) is 4.76. The molecule has 1 unspecified atom stereocenters. The van der Waals surface area contributed by atoms with Gasteiger partial charge < -0.3 is 9.64 Å². The highest BCUT2D eigenvalue weighted by Crippen LogP contribution is 2.14. The Morgan fingerprint density at radius 1 is 1.47 bits per heavy atom. The molecule has 1 amide bonds. The smallest absolute Gasteiger partial charge is 0.254 e. The summed E-state index contributed by atoms with van der Waals surface area (Å²) < 4.78 is 5.06. The van der Waals surface area contributed by atoms with Crippen molar-refractivity contribution in [1.82, 2.24) is 4.90 Å². The lowest BCUT2D eigenvalue weighted by Crippen LogP contribution is -2.37. The van der Waals surface area contributed by atoms with Crippen molar-refractivity contribution in [2.45, 2.75) is 19.9 Å². The zero-order valence-electron chi connectivity index (χ0n) is 10.6. The minimum Gasteiger partial charge on any atom is -0.497 e. The summed E-state index contributed by atoms with van der Waals surface area (Å²) in [6.07, 6.45) is 1.77. The van der Waals surface area contributed by atoms with Crippen LogP contribution in [0.1, 0.15) is 24.2 Å². The summed E-state index contributed by atoms with van der Waals surface area (Å²) in [6, 6.07) is 7.17. The molecule has 1 atom stereocenters. The van der Waals surface area contributed by atoms with Crippen molar-refractivity contribution >= 4 is 5.91 Å². The molecule has 0 heterocycles. The molecular formula is C14H19NO2. The van der Waals surface area contributed by atoms with Crippen LogP contribution in [-0.2, 0) is 0 Å². The SMILES string of the molecule is C=CC(C)N(CC)C(=O)c1ccc(OC)cc1. The first-order chi connectivity index (χ1) is 8.13. The summed E-state index contributed by atoms with van der Waals surface area (Å²) in [7, 11) is 1.61. The summed E-state index contributed by atoms with van der Waals surface area (Å²) in [6.45, 7) is 8.30. The van der Waals surface area contributed by atoms with E-state index in [1.165, 1.54) is 0 Å². The third kappa shape index (κ3) is 3.09. The molecule has 0 aromatic heterocycles. The number of methoxy groups -OCH3 is 1. The van der Waals surface area contributed by atoms with Crippen molar-refractivity contribution in [3.63, 3.8) is 0 Å². The first-order valence-electron chi connectivity index (χ1n) is 5.71. The number of nitrogens with zero attached hydrogens (tertiary/aromatic N) is 1. The van der Waals surface area contributed by atoms with E-state index in [0.717, 1.165) is 5.75 Å². The van der Waals surface area contributed by atoms with E-state index in [9.17, 15) is 4.79 Å². The van der Waals surface area contributed by atoms with Crippen LogP contribution in [0.25, 0.3) is 0 Å². The number of benzene rings is 1. The van der Waals surface area contributed by atoms with Crippen LogP contribution in [0, 0.1) is 0 Å². The molecule has 0 N–H and O–H groups in total. The van der Waals surface area contributed by atoms with Gasteiger partial charge in [0.1, 0.15) is 5.75 Å². The number of carbonyl (C=O) groups is 1. The fourth-order valence-electron chi connectivity index (χ4n) is 1.64. The highest BCUT2D eigenvalue weighted by atomic mass is 16.5. The second kappa shape index (κ2) is 6.09. The highest BCUT2D eigenvalue weighted by molar-refractivity contribution is 5.94. The van der Waals surface area contributed by atoms with Crippen molar-refractivity contribution in [3.8, 4) is 5.75 Å². The second-order valence-electron chi connectivity index (χ2n) is 3.80. The summed E-state index contributed by atoms with van der Waals surface area (Å²) in [4.78, 5) is 14.0. The van der Waals surface area contributed by atoms with Gasteiger partial charge >= 0.3 is 0 Å². The lowest BCUT2D eigenvalue weighted by molar-refractivity contribution is 0.0734. The van der Waals surface area contributed by atoms with Gasteiger partial charge in [-0.3, -0.25) is 4.79 Å². The zero-order chi connectivity index (χ0) is 12.8. The molecule has 1 rings (SSSR count). The molecule has 0 aliphatic rings. The molecule has 0 saturated heterocycles. The topological polar surface area (TPSA) is 29.5 Å². The van der Waals surface area contributed by atoms with Crippen LogP contribution in [-0.4, -0.2) is 30.5 Å². The van der Waals surface area contributed by atoms with Gasteiger partial charge in [0.25, 0.3) is 5.91 Å². The van der Waals surface area contributed by atoms with Gasteiger partial charge in [-0.2, -0.15) is 0 Å². The summed E-state index contributed by atoms with van der Waals surface area (Å²) in [5.41, 5.74) is 0.668. The zero-order valence-corrected chi connectivity index (χ0v) is 10.6. The van der Waals surface area contributed by atoms with Crippen LogP contribution in [0.3, 0.4) is 0 Å². The van der Waals surface area contributed by atoms with Gasteiger partial charge in [-0.05, 0) is 38.1 Å². The van der Waals surface area contributed by atoms with Crippen molar-refractivity contribution in [2.75, 3.05) is 13.7 Å². The number of ether oxygens (including phenoxy) is 1. The van der Waals surface area contributed by atoms with Gasteiger partial charge in [-0.1, -0.05) is 6.08 Å². The van der Waals surface area contributed by atoms with Crippen molar-refractivity contribution in [3.05, 3.63) is 42.5 Å². The van der Waals surface area contributed by atoms with Crippen LogP contribution in [0.5, 0.6) is 5.75 Å². The molecule has 3 nitrogen and oxygen atoms in total. The molecule has 3 heteroatoms. The van der Waals surface area contributed by atoms with Crippen molar-refractivity contribution < 1.29 is 9.53 Å². The Balaban J connectivity index is 2.89. The Labute approximate surface area is 103 Å². The van der Waals surface area contributed by atoms with Gasteiger partial charge in [0.15, 0.2) is 0 Å². The summed E-state index contributed by atoms with van der Waals surface area (Å²) >= 11 is 0. The largest absolute Gasteiger partial charge is 0.497 e. The standard InChI is InChI=1S/C14H19NO2/c1-5-11(3)15(6-2)14(16)12-7-9-13(17-4)10-8-12/h5,7-11H,1,6H2,2-4H3. The summed E-state index contributed by atoms with van der Waals surface area (Å²) in [5, 5.41) is 0. The molecule has 92 valence electrons.